The van der Waals surface area contributed by atoms with E-state index < -0.39 is 15.9 Å². The van der Waals surface area contributed by atoms with E-state index in [1.807, 2.05) is 36.4 Å². The van der Waals surface area contributed by atoms with Crippen LogP contribution in [0.1, 0.15) is 29.6 Å². The Morgan fingerprint density at radius 2 is 1.82 bits per heavy atom. The van der Waals surface area contributed by atoms with Crippen molar-refractivity contribution < 1.29 is 18.0 Å². The van der Waals surface area contributed by atoms with Crippen LogP contribution < -0.4 is 10.0 Å². The Hall–Kier alpha value is -2.94. The van der Waals surface area contributed by atoms with E-state index in [2.05, 4.69) is 10.0 Å². The van der Waals surface area contributed by atoms with Gasteiger partial charge < -0.3 is 10.2 Å². The predicted molar refractivity (Wildman–Crippen MR) is 129 cm³/mol. The van der Waals surface area contributed by atoms with Crippen molar-refractivity contribution in [3.05, 3.63) is 71.2 Å². The third kappa shape index (κ3) is 5.52. The van der Waals surface area contributed by atoms with Crippen molar-refractivity contribution in [3.63, 3.8) is 0 Å². The molecule has 0 spiro atoms. The van der Waals surface area contributed by atoms with Gasteiger partial charge in [-0.15, -0.1) is 0 Å². The highest BCUT2D eigenvalue weighted by Crippen LogP contribution is 2.24. The van der Waals surface area contributed by atoms with E-state index in [-0.39, 0.29) is 27.9 Å². The fourth-order valence-corrected chi connectivity index (χ4v) is 5.11. The molecule has 7 nitrogen and oxygen atoms in total. The van der Waals surface area contributed by atoms with Crippen LogP contribution in [-0.2, 0) is 14.8 Å². The Bertz CT molecular complexity index is 1310. The average molecular weight is 486 g/mol. The monoisotopic (exact) mass is 485 g/mol. The predicted octanol–water partition coefficient (Wildman–Crippen LogP) is 4.04. The topological polar surface area (TPSA) is 95.6 Å². The minimum absolute atomic E-state index is 0.0483. The van der Waals surface area contributed by atoms with Gasteiger partial charge in [0.1, 0.15) is 0 Å². The van der Waals surface area contributed by atoms with Gasteiger partial charge in [0.2, 0.25) is 15.9 Å². The Morgan fingerprint density at radius 3 is 2.58 bits per heavy atom. The van der Waals surface area contributed by atoms with E-state index in [4.69, 9.17) is 11.6 Å². The van der Waals surface area contributed by atoms with Crippen LogP contribution in [0.15, 0.2) is 65.6 Å². The maximum absolute atomic E-state index is 12.8. The number of fused-ring (bicyclic) bond motifs is 1. The lowest BCUT2D eigenvalue weighted by Crippen LogP contribution is -2.30. The fraction of sp³-hybridized carbons (Fsp3) is 0.250. The van der Waals surface area contributed by atoms with Crippen molar-refractivity contribution in [1.82, 2.24) is 9.62 Å². The molecular weight excluding hydrogens is 462 g/mol. The molecule has 0 unspecified atom stereocenters. The van der Waals surface area contributed by atoms with Gasteiger partial charge in [0, 0.05) is 31.7 Å². The Balaban J connectivity index is 1.43. The van der Waals surface area contributed by atoms with E-state index >= 15 is 0 Å². The van der Waals surface area contributed by atoms with Crippen LogP contribution in [0, 0.1) is 0 Å². The minimum Gasteiger partial charge on any atom is -0.343 e. The van der Waals surface area contributed by atoms with Crippen molar-refractivity contribution in [2.45, 2.75) is 24.2 Å². The van der Waals surface area contributed by atoms with Gasteiger partial charge in [-0.3, -0.25) is 9.59 Å². The van der Waals surface area contributed by atoms with Crippen LogP contribution in [0.3, 0.4) is 0 Å². The van der Waals surface area contributed by atoms with E-state index in [0.717, 1.165) is 23.7 Å². The molecule has 0 aliphatic carbocycles. The molecule has 1 aliphatic rings. The number of amides is 2. The zero-order valence-corrected chi connectivity index (χ0v) is 19.5. The van der Waals surface area contributed by atoms with Gasteiger partial charge in [-0.1, -0.05) is 41.9 Å². The number of nitrogens with zero attached hydrogens (tertiary/aromatic N) is 1. The number of benzene rings is 3. The summed E-state index contributed by atoms with van der Waals surface area (Å²) in [6.07, 6.45) is 1.91. The summed E-state index contributed by atoms with van der Waals surface area (Å²) in [7, 11) is -3.84. The first-order valence-corrected chi connectivity index (χ1v) is 12.6. The molecule has 2 amide bonds. The summed E-state index contributed by atoms with van der Waals surface area (Å²) in [5, 5.41) is 4.95. The maximum Gasteiger partial charge on any atom is 0.257 e. The van der Waals surface area contributed by atoms with Crippen LogP contribution in [0.25, 0.3) is 10.8 Å². The third-order valence-corrected chi connectivity index (χ3v) is 7.36. The normalized spacial score (nSPS) is 14.1. The fourth-order valence-electron chi connectivity index (χ4n) is 3.81. The highest BCUT2D eigenvalue weighted by atomic mass is 35.5. The van der Waals surface area contributed by atoms with Gasteiger partial charge in [0.25, 0.3) is 5.91 Å². The van der Waals surface area contributed by atoms with Crippen molar-refractivity contribution in [1.29, 1.82) is 0 Å². The van der Waals surface area contributed by atoms with Gasteiger partial charge in [-0.2, -0.15) is 0 Å². The van der Waals surface area contributed by atoms with Crippen LogP contribution in [-0.4, -0.2) is 44.8 Å². The molecule has 1 aliphatic heterocycles. The summed E-state index contributed by atoms with van der Waals surface area (Å²) in [6, 6.07) is 17.3. The smallest absolute Gasteiger partial charge is 0.257 e. The number of anilines is 1. The molecular formula is C24H24ClN3O4S. The maximum atomic E-state index is 12.8. The third-order valence-electron chi connectivity index (χ3n) is 5.57. The SMILES string of the molecule is O=C(Nc1ccc2ccccc2c1)c1cc(S(=O)(=O)NCCCN2CCCC2=O)ccc1Cl. The Kier molecular flexibility index (Phi) is 6.97. The quantitative estimate of drug-likeness (QED) is 0.471. The molecule has 0 bridgehead atoms. The number of hydrogen-bond donors (Lipinski definition) is 2. The largest absolute Gasteiger partial charge is 0.343 e. The van der Waals surface area contributed by atoms with E-state index in [0.29, 0.717) is 25.1 Å². The number of nitrogens with one attached hydrogen (secondary N) is 2. The lowest BCUT2D eigenvalue weighted by Gasteiger charge is -2.15. The molecule has 1 saturated heterocycles. The second-order valence-electron chi connectivity index (χ2n) is 7.89. The van der Waals surface area contributed by atoms with Crippen molar-refractivity contribution in [3.8, 4) is 0 Å². The van der Waals surface area contributed by atoms with Crippen LogP contribution in [0.4, 0.5) is 5.69 Å². The Morgan fingerprint density at radius 1 is 1.03 bits per heavy atom. The summed E-state index contributed by atoms with van der Waals surface area (Å²) in [5.41, 5.74) is 0.646. The molecule has 9 heteroatoms. The van der Waals surface area contributed by atoms with Gasteiger partial charge in [0.05, 0.1) is 15.5 Å². The minimum atomic E-state index is -3.84. The Labute approximate surface area is 197 Å². The number of halogens is 1. The van der Waals surface area contributed by atoms with Crippen molar-refractivity contribution in [2.24, 2.45) is 0 Å². The highest BCUT2D eigenvalue weighted by molar-refractivity contribution is 7.89. The van der Waals surface area contributed by atoms with Crippen molar-refractivity contribution >= 4 is 49.9 Å². The molecule has 1 fully saturated rings. The first-order valence-electron chi connectivity index (χ1n) is 10.7. The summed E-state index contributed by atoms with van der Waals surface area (Å²) in [5.74, 6) is -0.391. The second kappa shape index (κ2) is 9.91. The number of sulfonamides is 1. The molecule has 1 heterocycles. The molecule has 0 atom stereocenters. The average Bonchev–Trinajstić information content (AvgIpc) is 3.21. The number of likely N-dealkylation sites (tertiary alicyclic amines) is 1. The number of carbonyl (C=O) groups excluding carboxylic acids is 2. The summed E-state index contributed by atoms with van der Waals surface area (Å²) in [6.45, 7) is 1.42. The zero-order valence-electron chi connectivity index (χ0n) is 17.9. The van der Waals surface area contributed by atoms with Gasteiger partial charge in [-0.25, -0.2) is 13.1 Å². The molecule has 172 valence electrons. The van der Waals surface area contributed by atoms with Gasteiger partial charge in [-0.05, 0) is 53.9 Å². The molecule has 3 aromatic rings. The van der Waals surface area contributed by atoms with Gasteiger partial charge >= 0.3 is 0 Å². The highest BCUT2D eigenvalue weighted by Gasteiger charge is 2.21. The molecule has 0 saturated carbocycles. The van der Waals surface area contributed by atoms with Crippen LogP contribution in [0.2, 0.25) is 5.02 Å². The van der Waals surface area contributed by atoms with E-state index in [1.165, 1.54) is 18.2 Å². The molecule has 0 aromatic heterocycles. The van der Waals surface area contributed by atoms with E-state index in [1.54, 1.807) is 11.0 Å². The van der Waals surface area contributed by atoms with Crippen molar-refractivity contribution in [2.75, 3.05) is 25.0 Å². The molecule has 0 radical (unpaired) electrons. The van der Waals surface area contributed by atoms with E-state index in [9.17, 15) is 18.0 Å². The molecule has 33 heavy (non-hydrogen) atoms. The lowest BCUT2D eigenvalue weighted by atomic mass is 10.1. The number of rotatable bonds is 8. The number of hydrogen-bond acceptors (Lipinski definition) is 4. The lowest BCUT2D eigenvalue weighted by molar-refractivity contribution is -0.127. The van der Waals surface area contributed by atoms with Crippen LogP contribution >= 0.6 is 11.6 Å². The summed E-state index contributed by atoms with van der Waals surface area (Å²) < 4.78 is 28.0. The van der Waals surface area contributed by atoms with Gasteiger partial charge in [0.15, 0.2) is 0 Å². The summed E-state index contributed by atoms with van der Waals surface area (Å²) >= 11 is 6.20. The standard InChI is InChI=1S/C24H24ClN3O4S/c25-22-11-10-20(33(31,32)26-12-4-14-28-13-3-7-23(28)29)16-21(22)24(30)27-19-9-8-17-5-1-2-6-18(17)15-19/h1-2,5-6,8-11,15-16,26H,3-4,7,12-14H2,(H,27,30). The number of carbonyl (C=O) groups is 2. The molecule has 4 rings (SSSR count). The summed E-state index contributed by atoms with van der Waals surface area (Å²) in [4.78, 5) is 26.2. The second-order valence-corrected chi connectivity index (χ2v) is 10.1. The molecule has 3 aromatic carbocycles. The molecule has 2 N–H and O–H groups in total. The first-order chi connectivity index (χ1) is 15.8. The van der Waals surface area contributed by atoms with Crippen LogP contribution in [0.5, 0.6) is 0 Å². The first kappa shape index (κ1) is 23.2. The zero-order chi connectivity index (χ0) is 23.4.